The van der Waals surface area contributed by atoms with E-state index in [9.17, 15) is 36.2 Å². The summed E-state index contributed by atoms with van der Waals surface area (Å²) in [5, 5.41) is 14.6. The molecule has 2 aromatic carbocycles. The van der Waals surface area contributed by atoms with Crippen LogP contribution in [0.25, 0.3) is 0 Å². The van der Waals surface area contributed by atoms with Crippen molar-refractivity contribution >= 4 is 23.5 Å². The van der Waals surface area contributed by atoms with Crippen LogP contribution in [0.15, 0.2) is 53.4 Å². The van der Waals surface area contributed by atoms with Crippen LogP contribution in [0.1, 0.15) is 5.56 Å². The van der Waals surface area contributed by atoms with Crippen molar-refractivity contribution in [3.63, 3.8) is 0 Å². The summed E-state index contributed by atoms with van der Waals surface area (Å²) in [4.78, 5) is 12.2. The highest BCUT2D eigenvalue weighted by Gasteiger charge is 2.30. The number of aliphatic hydroxyl groups excluding tert-OH is 1. The van der Waals surface area contributed by atoms with Crippen molar-refractivity contribution in [2.75, 3.05) is 24.2 Å². The summed E-state index contributed by atoms with van der Waals surface area (Å²) in [6, 6.07) is 9.22. The number of nitrogens with one attached hydrogen (secondary N) is 2. The first-order chi connectivity index (χ1) is 14.4. The van der Waals surface area contributed by atoms with Crippen LogP contribution in [0, 0.1) is 0 Å². The predicted octanol–water partition coefficient (Wildman–Crippen LogP) is 4.92. The first-order valence-corrected chi connectivity index (χ1v) is 9.74. The predicted molar refractivity (Wildman–Crippen MR) is 103 cm³/mol. The lowest BCUT2D eigenvalue weighted by Crippen LogP contribution is -2.37. The SMILES string of the molecule is O=C(NCC(O)COc1cccc(C(F)(F)F)c1)Nc1ccccc1SCC(F)(F)F. The van der Waals surface area contributed by atoms with Gasteiger partial charge in [0.1, 0.15) is 18.5 Å². The van der Waals surface area contributed by atoms with Crippen LogP contribution in [0.2, 0.25) is 0 Å². The second-order valence-corrected chi connectivity index (χ2v) is 7.24. The van der Waals surface area contributed by atoms with Crippen LogP contribution >= 0.6 is 11.8 Å². The third kappa shape index (κ3) is 8.97. The fourth-order valence-corrected chi connectivity index (χ4v) is 3.01. The Hall–Kier alpha value is -2.60. The fraction of sp³-hybridized carbons (Fsp3) is 0.316. The topological polar surface area (TPSA) is 70.6 Å². The molecule has 0 aliphatic rings. The zero-order valence-corrected chi connectivity index (χ0v) is 16.6. The quantitative estimate of drug-likeness (QED) is 0.380. The molecule has 0 fully saturated rings. The molecule has 31 heavy (non-hydrogen) atoms. The highest BCUT2D eigenvalue weighted by molar-refractivity contribution is 7.99. The van der Waals surface area contributed by atoms with Gasteiger partial charge >= 0.3 is 18.4 Å². The largest absolute Gasteiger partial charge is 0.491 e. The number of ether oxygens (including phenoxy) is 1. The van der Waals surface area contributed by atoms with Gasteiger partial charge in [0, 0.05) is 11.4 Å². The van der Waals surface area contributed by atoms with Gasteiger partial charge in [-0.15, -0.1) is 11.8 Å². The normalized spacial score (nSPS) is 12.9. The molecule has 0 aliphatic heterocycles. The van der Waals surface area contributed by atoms with Crippen molar-refractivity contribution in [3.8, 4) is 5.75 Å². The Balaban J connectivity index is 1.81. The number of urea groups is 1. The molecule has 2 aromatic rings. The highest BCUT2D eigenvalue weighted by atomic mass is 32.2. The molecular formula is C19H18F6N2O3S. The Morgan fingerprint density at radius 2 is 1.77 bits per heavy atom. The number of anilines is 1. The van der Waals surface area contributed by atoms with Crippen LogP contribution < -0.4 is 15.4 Å². The van der Waals surface area contributed by atoms with Gasteiger partial charge in [-0.25, -0.2) is 4.79 Å². The number of amides is 2. The molecule has 0 spiro atoms. The van der Waals surface area contributed by atoms with E-state index in [4.69, 9.17) is 4.74 Å². The van der Waals surface area contributed by atoms with E-state index < -0.39 is 35.8 Å². The average molecular weight is 468 g/mol. The number of halogens is 6. The molecule has 0 saturated carbocycles. The lowest BCUT2D eigenvalue weighted by Gasteiger charge is -2.16. The molecule has 0 heterocycles. The summed E-state index contributed by atoms with van der Waals surface area (Å²) >= 11 is 0.512. The number of thioether (sulfide) groups is 1. The van der Waals surface area contributed by atoms with E-state index in [-0.39, 0.29) is 29.5 Å². The van der Waals surface area contributed by atoms with Crippen molar-refractivity contribution < 1.29 is 41.0 Å². The van der Waals surface area contributed by atoms with Crippen molar-refractivity contribution in [1.82, 2.24) is 5.32 Å². The van der Waals surface area contributed by atoms with Crippen molar-refractivity contribution in [1.29, 1.82) is 0 Å². The van der Waals surface area contributed by atoms with Gasteiger partial charge in [0.15, 0.2) is 0 Å². The third-order valence-corrected chi connectivity index (χ3v) is 4.77. The molecule has 0 aromatic heterocycles. The summed E-state index contributed by atoms with van der Waals surface area (Å²) in [5.41, 5.74) is -0.747. The lowest BCUT2D eigenvalue weighted by atomic mass is 10.2. The van der Waals surface area contributed by atoms with Crippen LogP contribution in [0.3, 0.4) is 0 Å². The van der Waals surface area contributed by atoms with Crippen molar-refractivity contribution in [3.05, 3.63) is 54.1 Å². The van der Waals surface area contributed by atoms with E-state index in [1.807, 2.05) is 0 Å². The van der Waals surface area contributed by atoms with Gasteiger partial charge in [0.25, 0.3) is 0 Å². The number of hydrogen-bond acceptors (Lipinski definition) is 4. The summed E-state index contributed by atoms with van der Waals surface area (Å²) < 4.78 is 80.3. The Kier molecular flexibility index (Phi) is 8.45. The lowest BCUT2D eigenvalue weighted by molar-refractivity contribution is -0.137. The van der Waals surface area contributed by atoms with E-state index in [0.29, 0.717) is 11.8 Å². The van der Waals surface area contributed by atoms with E-state index in [1.54, 1.807) is 0 Å². The van der Waals surface area contributed by atoms with E-state index in [2.05, 4.69) is 10.6 Å². The van der Waals surface area contributed by atoms with E-state index >= 15 is 0 Å². The summed E-state index contributed by atoms with van der Waals surface area (Å²) in [6.07, 6.45) is -10.1. The zero-order valence-electron chi connectivity index (χ0n) is 15.8. The molecule has 12 heteroatoms. The van der Waals surface area contributed by atoms with Gasteiger partial charge in [-0.1, -0.05) is 18.2 Å². The van der Waals surface area contributed by atoms with Crippen LogP contribution in [-0.2, 0) is 6.18 Å². The third-order valence-electron chi connectivity index (χ3n) is 3.63. The van der Waals surface area contributed by atoms with Gasteiger partial charge < -0.3 is 20.5 Å². The van der Waals surface area contributed by atoms with Crippen molar-refractivity contribution in [2.45, 2.75) is 23.4 Å². The van der Waals surface area contributed by atoms with Crippen LogP contribution in [-0.4, -0.2) is 42.3 Å². The smallest absolute Gasteiger partial charge is 0.416 e. The number of carbonyl (C=O) groups is 1. The minimum Gasteiger partial charge on any atom is -0.491 e. The van der Waals surface area contributed by atoms with Gasteiger partial charge in [0.05, 0.1) is 17.0 Å². The van der Waals surface area contributed by atoms with Crippen LogP contribution in [0.4, 0.5) is 36.8 Å². The number of benzene rings is 2. The number of para-hydroxylation sites is 1. The highest BCUT2D eigenvalue weighted by Crippen LogP contribution is 2.32. The molecule has 0 aliphatic carbocycles. The second-order valence-electron chi connectivity index (χ2n) is 6.23. The summed E-state index contributed by atoms with van der Waals surface area (Å²) in [5.74, 6) is -1.23. The molecule has 1 atom stereocenters. The standard InChI is InChI=1S/C19H18F6N2O3S/c20-18(21,22)11-31-16-7-2-1-6-15(16)27-17(29)26-9-13(28)10-30-14-5-3-4-12(8-14)19(23,24)25/h1-8,13,28H,9-11H2,(H2,26,27,29). The minimum atomic E-state index is -4.54. The monoisotopic (exact) mass is 468 g/mol. The number of carbonyl (C=O) groups excluding carboxylic acids is 1. The van der Waals surface area contributed by atoms with Gasteiger partial charge in [-0.05, 0) is 30.3 Å². The van der Waals surface area contributed by atoms with Gasteiger partial charge in [0.2, 0.25) is 0 Å². The molecule has 1 unspecified atom stereocenters. The number of alkyl halides is 6. The van der Waals surface area contributed by atoms with Gasteiger partial charge in [-0.2, -0.15) is 26.3 Å². The minimum absolute atomic E-state index is 0.103. The number of rotatable bonds is 8. The Morgan fingerprint density at radius 1 is 1.06 bits per heavy atom. The Bertz CT molecular complexity index is 876. The second kappa shape index (κ2) is 10.6. The summed E-state index contributed by atoms with van der Waals surface area (Å²) in [6.45, 7) is -0.692. The maximum atomic E-state index is 12.7. The Labute approximate surface area is 177 Å². The molecule has 5 nitrogen and oxygen atoms in total. The molecule has 2 rings (SSSR count). The number of aliphatic hydroxyl groups is 1. The number of hydrogen-bond donors (Lipinski definition) is 3. The van der Waals surface area contributed by atoms with Crippen LogP contribution in [0.5, 0.6) is 5.75 Å². The van der Waals surface area contributed by atoms with E-state index in [0.717, 1.165) is 18.2 Å². The Morgan fingerprint density at radius 3 is 2.45 bits per heavy atom. The molecule has 0 radical (unpaired) electrons. The fourth-order valence-electron chi connectivity index (χ4n) is 2.25. The molecule has 170 valence electrons. The summed E-state index contributed by atoms with van der Waals surface area (Å²) in [7, 11) is 0. The average Bonchev–Trinajstić information content (AvgIpc) is 2.69. The molecule has 0 saturated heterocycles. The molecular weight excluding hydrogens is 450 g/mol. The van der Waals surface area contributed by atoms with E-state index in [1.165, 1.54) is 30.3 Å². The molecule has 3 N–H and O–H groups in total. The van der Waals surface area contributed by atoms with Gasteiger partial charge in [-0.3, -0.25) is 0 Å². The maximum absolute atomic E-state index is 12.7. The maximum Gasteiger partial charge on any atom is 0.416 e. The van der Waals surface area contributed by atoms with Crippen molar-refractivity contribution in [2.24, 2.45) is 0 Å². The first kappa shape index (κ1) is 24.7. The zero-order chi connectivity index (χ0) is 23.1. The first-order valence-electron chi connectivity index (χ1n) is 8.75. The molecule has 2 amide bonds. The molecule has 0 bridgehead atoms.